The first kappa shape index (κ1) is 9.71. The van der Waals surface area contributed by atoms with Crippen molar-refractivity contribution in [3.63, 3.8) is 0 Å². The average molecular weight is 192 g/mol. The van der Waals surface area contributed by atoms with E-state index in [0.717, 1.165) is 19.0 Å². The Morgan fingerprint density at radius 2 is 1.73 bits per heavy atom. The number of hydrogen-bond acceptors (Lipinski definition) is 4. The van der Waals surface area contributed by atoms with Gasteiger partial charge in [0.2, 0.25) is 0 Å². The Labute approximate surface area is 76.8 Å². The molecule has 1 saturated heterocycles. The molecule has 0 bridgehead atoms. The van der Waals surface area contributed by atoms with E-state index in [9.17, 15) is 0 Å². The lowest BCUT2D eigenvalue weighted by Crippen LogP contribution is -2.34. The molecule has 0 amide bonds. The van der Waals surface area contributed by atoms with Gasteiger partial charge in [-0.25, -0.2) is 0 Å². The molecule has 0 aromatic rings. The summed E-state index contributed by atoms with van der Waals surface area (Å²) in [4.78, 5) is 0. The van der Waals surface area contributed by atoms with Gasteiger partial charge in [0.15, 0.2) is 0 Å². The topological polar surface area (TPSA) is 52.0 Å². The van der Waals surface area contributed by atoms with Gasteiger partial charge in [-0.1, -0.05) is 0 Å². The van der Waals surface area contributed by atoms with Crippen LogP contribution in [0.3, 0.4) is 0 Å². The summed E-state index contributed by atoms with van der Waals surface area (Å²) in [6.45, 7) is 1.50. The Balaban J connectivity index is 2.30. The lowest BCUT2D eigenvalue weighted by atomic mass is 9.96. The third-order valence-corrected chi connectivity index (χ3v) is 4.76. The van der Waals surface area contributed by atoms with Crippen molar-refractivity contribution >= 4 is 23.5 Å². The molecule has 0 aliphatic carbocycles. The normalized spacial score (nSPS) is 21.0. The van der Waals surface area contributed by atoms with E-state index in [1.165, 1.54) is 16.6 Å². The van der Waals surface area contributed by atoms with Gasteiger partial charge in [0.25, 0.3) is 0 Å². The monoisotopic (exact) mass is 192 g/mol. The lowest BCUT2D eigenvalue weighted by molar-refractivity contribution is 0.415. The van der Waals surface area contributed by atoms with Crippen molar-refractivity contribution in [1.29, 1.82) is 0 Å². The van der Waals surface area contributed by atoms with Crippen LogP contribution >= 0.6 is 23.5 Å². The molecule has 66 valence electrons. The molecule has 1 rings (SSSR count). The van der Waals surface area contributed by atoms with E-state index in [4.69, 9.17) is 11.5 Å². The van der Waals surface area contributed by atoms with E-state index >= 15 is 0 Å². The van der Waals surface area contributed by atoms with Gasteiger partial charge in [-0.05, 0) is 36.4 Å². The summed E-state index contributed by atoms with van der Waals surface area (Å²) in [5.74, 6) is 3.82. The fourth-order valence-corrected chi connectivity index (χ4v) is 4.04. The molecule has 1 aliphatic heterocycles. The first-order valence-electron chi connectivity index (χ1n) is 3.94. The minimum Gasteiger partial charge on any atom is -0.330 e. The van der Waals surface area contributed by atoms with Crippen LogP contribution in [0.25, 0.3) is 0 Å². The fraction of sp³-hybridized carbons (Fsp3) is 1.00. The second-order valence-corrected chi connectivity index (χ2v) is 5.28. The van der Waals surface area contributed by atoms with Gasteiger partial charge in [0.1, 0.15) is 0 Å². The van der Waals surface area contributed by atoms with Crippen LogP contribution in [0.2, 0.25) is 0 Å². The summed E-state index contributed by atoms with van der Waals surface area (Å²) in [6.07, 6.45) is 0. The van der Waals surface area contributed by atoms with Crippen LogP contribution in [0.15, 0.2) is 0 Å². The first-order valence-corrected chi connectivity index (χ1v) is 6.25. The summed E-state index contributed by atoms with van der Waals surface area (Å²) in [6, 6.07) is 0. The van der Waals surface area contributed by atoms with E-state index in [0.29, 0.717) is 5.92 Å². The van der Waals surface area contributed by atoms with Crippen molar-refractivity contribution in [3.8, 4) is 0 Å². The SMILES string of the molecule is NCC(CN)C1CSCSC1. The quantitative estimate of drug-likeness (QED) is 0.686. The molecule has 0 radical (unpaired) electrons. The Bertz CT molecular complexity index is 101. The number of rotatable bonds is 3. The molecule has 0 spiro atoms. The Kier molecular flexibility index (Phi) is 4.67. The van der Waals surface area contributed by atoms with E-state index < -0.39 is 0 Å². The molecule has 2 nitrogen and oxygen atoms in total. The minimum absolute atomic E-state index is 0.551. The summed E-state index contributed by atoms with van der Waals surface area (Å²) >= 11 is 4.03. The number of hydrogen-bond donors (Lipinski definition) is 2. The minimum atomic E-state index is 0.551. The maximum atomic E-state index is 5.62. The van der Waals surface area contributed by atoms with Crippen molar-refractivity contribution < 1.29 is 0 Å². The van der Waals surface area contributed by atoms with E-state index in [2.05, 4.69) is 0 Å². The third kappa shape index (κ3) is 2.86. The lowest BCUT2D eigenvalue weighted by Gasteiger charge is -2.27. The molecule has 0 aromatic heterocycles. The predicted molar refractivity (Wildman–Crippen MR) is 54.9 cm³/mol. The molecular formula is C7H16N2S2. The second-order valence-electron chi connectivity index (χ2n) is 2.85. The van der Waals surface area contributed by atoms with E-state index in [-0.39, 0.29) is 0 Å². The Morgan fingerprint density at radius 1 is 1.18 bits per heavy atom. The first-order chi connectivity index (χ1) is 5.38. The van der Waals surface area contributed by atoms with Crippen molar-refractivity contribution in [2.75, 3.05) is 29.7 Å². The Morgan fingerprint density at radius 3 is 2.18 bits per heavy atom. The molecule has 0 aromatic carbocycles. The van der Waals surface area contributed by atoms with E-state index in [1.54, 1.807) is 0 Å². The zero-order valence-corrected chi connectivity index (χ0v) is 8.29. The van der Waals surface area contributed by atoms with Crippen molar-refractivity contribution in [2.24, 2.45) is 23.3 Å². The smallest absolute Gasteiger partial charge is 0.0392 e. The highest BCUT2D eigenvalue weighted by molar-refractivity contribution is 8.16. The molecule has 1 aliphatic rings. The molecular weight excluding hydrogens is 176 g/mol. The summed E-state index contributed by atoms with van der Waals surface area (Å²) in [5, 5.41) is 1.25. The Hall–Kier alpha value is 0.620. The molecule has 1 fully saturated rings. The third-order valence-electron chi connectivity index (χ3n) is 2.10. The van der Waals surface area contributed by atoms with Crippen LogP contribution in [0.4, 0.5) is 0 Å². The van der Waals surface area contributed by atoms with Crippen molar-refractivity contribution in [2.45, 2.75) is 0 Å². The van der Waals surface area contributed by atoms with Crippen molar-refractivity contribution in [3.05, 3.63) is 0 Å². The van der Waals surface area contributed by atoms with Gasteiger partial charge >= 0.3 is 0 Å². The molecule has 0 unspecified atom stereocenters. The molecule has 11 heavy (non-hydrogen) atoms. The van der Waals surface area contributed by atoms with Gasteiger partial charge in [0.05, 0.1) is 0 Å². The number of thioether (sulfide) groups is 2. The zero-order chi connectivity index (χ0) is 8.10. The van der Waals surface area contributed by atoms with Crippen LogP contribution in [0.1, 0.15) is 0 Å². The molecule has 4 N–H and O–H groups in total. The maximum Gasteiger partial charge on any atom is 0.0392 e. The number of nitrogens with two attached hydrogens (primary N) is 2. The fourth-order valence-electron chi connectivity index (χ4n) is 1.26. The van der Waals surface area contributed by atoms with Crippen molar-refractivity contribution in [1.82, 2.24) is 0 Å². The van der Waals surface area contributed by atoms with E-state index in [1.807, 2.05) is 23.5 Å². The highest BCUT2D eigenvalue weighted by atomic mass is 32.2. The largest absolute Gasteiger partial charge is 0.330 e. The highest BCUT2D eigenvalue weighted by Crippen LogP contribution is 2.29. The van der Waals surface area contributed by atoms with Gasteiger partial charge in [-0.15, -0.1) is 0 Å². The molecule has 0 atom stereocenters. The maximum absolute atomic E-state index is 5.62. The molecule has 4 heteroatoms. The summed E-state index contributed by atoms with van der Waals surface area (Å²) in [7, 11) is 0. The van der Waals surface area contributed by atoms with Crippen LogP contribution < -0.4 is 11.5 Å². The zero-order valence-electron chi connectivity index (χ0n) is 6.66. The van der Waals surface area contributed by atoms with Crippen LogP contribution in [0.5, 0.6) is 0 Å². The van der Waals surface area contributed by atoms with Gasteiger partial charge < -0.3 is 11.5 Å². The van der Waals surface area contributed by atoms with Gasteiger partial charge in [-0.3, -0.25) is 0 Å². The van der Waals surface area contributed by atoms with Crippen LogP contribution in [-0.2, 0) is 0 Å². The summed E-state index contributed by atoms with van der Waals surface area (Å²) < 4.78 is 0. The van der Waals surface area contributed by atoms with Crippen LogP contribution in [-0.4, -0.2) is 29.7 Å². The standard InChI is InChI=1S/C7H16N2S2/c8-1-6(2-9)7-3-10-5-11-4-7/h6-7H,1-5,8-9H2. The molecule has 1 heterocycles. The molecule has 0 saturated carbocycles. The average Bonchev–Trinajstić information content (AvgIpc) is 2.09. The predicted octanol–water partition coefficient (Wildman–Crippen LogP) is 0.574. The second kappa shape index (κ2) is 5.30. The van der Waals surface area contributed by atoms with Gasteiger partial charge in [-0.2, -0.15) is 23.5 Å². The van der Waals surface area contributed by atoms with Gasteiger partial charge in [0, 0.05) is 5.08 Å². The summed E-state index contributed by atoms with van der Waals surface area (Å²) in [5.41, 5.74) is 11.2. The highest BCUT2D eigenvalue weighted by Gasteiger charge is 2.21. The van der Waals surface area contributed by atoms with Crippen LogP contribution in [0, 0.1) is 11.8 Å².